The Labute approximate surface area is 93.8 Å². The molecule has 0 saturated heterocycles. The van der Waals surface area contributed by atoms with E-state index in [0.29, 0.717) is 5.92 Å². The molecule has 1 saturated carbocycles. The first-order chi connectivity index (χ1) is 6.77. The van der Waals surface area contributed by atoms with Gasteiger partial charge in [-0.1, -0.05) is 35.2 Å². The minimum absolute atomic E-state index is 0.696. The van der Waals surface area contributed by atoms with E-state index in [1.807, 2.05) is 12.1 Å². The first-order valence-electron chi connectivity index (χ1n) is 5.32. The average Bonchev–Trinajstić information content (AvgIpc) is 2.23. The van der Waals surface area contributed by atoms with Gasteiger partial charge in [0.05, 0.1) is 0 Å². The SMILES string of the molecule is Nc1ccc(Br)cc1C1CCCCC1. The molecule has 0 spiro atoms. The molecular weight excluding hydrogens is 238 g/mol. The Kier molecular flexibility index (Phi) is 3.12. The lowest BCUT2D eigenvalue weighted by atomic mass is 9.83. The van der Waals surface area contributed by atoms with Crippen LogP contribution in [0.2, 0.25) is 0 Å². The first kappa shape index (κ1) is 10.0. The molecule has 0 bridgehead atoms. The highest BCUT2D eigenvalue weighted by Gasteiger charge is 2.17. The number of halogens is 1. The fourth-order valence-corrected chi connectivity index (χ4v) is 2.69. The fraction of sp³-hybridized carbons (Fsp3) is 0.500. The van der Waals surface area contributed by atoms with E-state index in [1.54, 1.807) is 0 Å². The van der Waals surface area contributed by atoms with Crippen molar-refractivity contribution in [1.29, 1.82) is 0 Å². The Morgan fingerprint density at radius 3 is 2.57 bits per heavy atom. The van der Waals surface area contributed by atoms with Crippen LogP contribution in [0.5, 0.6) is 0 Å². The van der Waals surface area contributed by atoms with Crippen LogP contribution in [0, 0.1) is 0 Å². The van der Waals surface area contributed by atoms with Crippen LogP contribution in [0.3, 0.4) is 0 Å². The molecule has 2 heteroatoms. The van der Waals surface area contributed by atoms with Gasteiger partial charge in [0.25, 0.3) is 0 Å². The zero-order valence-corrected chi connectivity index (χ0v) is 9.89. The molecule has 0 radical (unpaired) electrons. The summed E-state index contributed by atoms with van der Waals surface area (Å²) < 4.78 is 1.15. The van der Waals surface area contributed by atoms with Crippen molar-refractivity contribution >= 4 is 21.6 Å². The van der Waals surface area contributed by atoms with Crippen molar-refractivity contribution in [2.24, 2.45) is 0 Å². The number of rotatable bonds is 1. The van der Waals surface area contributed by atoms with Crippen molar-refractivity contribution in [2.75, 3.05) is 5.73 Å². The largest absolute Gasteiger partial charge is 0.398 e. The summed E-state index contributed by atoms with van der Waals surface area (Å²) in [6.07, 6.45) is 6.72. The normalized spacial score (nSPS) is 18.4. The van der Waals surface area contributed by atoms with E-state index in [2.05, 4.69) is 22.0 Å². The van der Waals surface area contributed by atoms with E-state index in [0.717, 1.165) is 10.2 Å². The van der Waals surface area contributed by atoms with E-state index in [4.69, 9.17) is 5.73 Å². The minimum atomic E-state index is 0.696. The molecule has 0 aliphatic heterocycles. The van der Waals surface area contributed by atoms with Crippen molar-refractivity contribution in [2.45, 2.75) is 38.0 Å². The molecule has 0 aromatic heterocycles. The van der Waals surface area contributed by atoms with Gasteiger partial charge in [-0.15, -0.1) is 0 Å². The molecule has 1 aliphatic rings. The predicted octanol–water partition coefficient (Wildman–Crippen LogP) is 4.08. The van der Waals surface area contributed by atoms with Gasteiger partial charge >= 0.3 is 0 Å². The third-order valence-electron chi connectivity index (χ3n) is 3.09. The zero-order chi connectivity index (χ0) is 9.97. The van der Waals surface area contributed by atoms with Crippen LogP contribution in [0.4, 0.5) is 5.69 Å². The molecule has 14 heavy (non-hydrogen) atoms. The molecule has 76 valence electrons. The summed E-state index contributed by atoms with van der Waals surface area (Å²) in [5, 5.41) is 0. The van der Waals surface area contributed by atoms with Crippen LogP contribution in [-0.2, 0) is 0 Å². The fourth-order valence-electron chi connectivity index (χ4n) is 2.31. The average molecular weight is 254 g/mol. The van der Waals surface area contributed by atoms with Gasteiger partial charge in [-0.25, -0.2) is 0 Å². The Hall–Kier alpha value is -0.500. The monoisotopic (exact) mass is 253 g/mol. The zero-order valence-electron chi connectivity index (χ0n) is 8.30. The van der Waals surface area contributed by atoms with E-state index in [9.17, 15) is 0 Å². The Bertz CT molecular complexity index is 316. The van der Waals surface area contributed by atoms with Crippen molar-refractivity contribution in [3.05, 3.63) is 28.2 Å². The maximum Gasteiger partial charge on any atom is 0.0350 e. The topological polar surface area (TPSA) is 26.0 Å². The van der Waals surface area contributed by atoms with Gasteiger partial charge < -0.3 is 5.73 Å². The number of anilines is 1. The van der Waals surface area contributed by atoms with E-state index in [1.165, 1.54) is 37.7 Å². The number of hydrogen-bond acceptors (Lipinski definition) is 1. The van der Waals surface area contributed by atoms with Crippen molar-refractivity contribution in [1.82, 2.24) is 0 Å². The molecule has 0 atom stereocenters. The molecular formula is C12H16BrN. The number of nitrogen functional groups attached to an aromatic ring is 1. The summed E-state index contributed by atoms with van der Waals surface area (Å²) in [5.74, 6) is 0.696. The second-order valence-corrected chi connectivity index (χ2v) is 5.02. The molecule has 1 nitrogen and oxygen atoms in total. The number of benzene rings is 1. The van der Waals surface area contributed by atoms with Gasteiger partial charge in [0, 0.05) is 10.2 Å². The van der Waals surface area contributed by atoms with Crippen LogP contribution < -0.4 is 5.73 Å². The van der Waals surface area contributed by atoms with Crippen molar-refractivity contribution in [3.63, 3.8) is 0 Å². The third kappa shape index (κ3) is 2.11. The predicted molar refractivity (Wildman–Crippen MR) is 64.4 cm³/mol. The van der Waals surface area contributed by atoms with Gasteiger partial charge in [-0.3, -0.25) is 0 Å². The Morgan fingerprint density at radius 2 is 1.86 bits per heavy atom. The highest BCUT2D eigenvalue weighted by Crippen LogP contribution is 2.36. The lowest BCUT2D eigenvalue weighted by Crippen LogP contribution is -2.07. The van der Waals surface area contributed by atoms with Crippen LogP contribution in [0.1, 0.15) is 43.6 Å². The summed E-state index contributed by atoms with van der Waals surface area (Å²) in [4.78, 5) is 0. The Balaban J connectivity index is 2.24. The van der Waals surface area contributed by atoms with Gasteiger partial charge in [-0.2, -0.15) is 0 Å². The molecule has 2 N–H and O–H groups in total. The highest BCUT2D eigenvalue weighted by molar-refractivity contribution is 9.10. The number of nitrogens with two attached hydrogens (primary N) is 1. The van der Waals surface area contributed by atoms with Gasteiger partial charge in [0.15, 0.2) is 0 Å². The smallest absolute Gasteiger partial charge is 0.0350 e. The molecule has 1 aromatic rings. The third-order valence-corrected chi connectivity index (χ3v) is 3.59. The second-order valence-electron chi connectivity index (χ2n) is 4.11. The molecule has 1 aliphatic carbocycles. The summed E-state index contributed by atoms with van der Waals surface area (Å²) in [6.45, 7) is 0. The summed E-state index contributed by atoms with van der Waals surface area (Å²) >= 11 is 3.51. The lowest BCUT2D eigenvalue weighted by molar-refractivity contribution is 0.444. The standard InChI is InChI=1S/C12H16BrN/c13-10-6-7-12(14)11(8-10)9-4-2-1-3-5-9/h6-9H,1-5,14H2. The van der Waals surface area contributed by atoms with Crippen LogP contribution >= 0.6 is 15.9 Å². The molecule has 0 amide bonds. The molecule has 1 fully saturated rings. The lowest BCUT2D eigenvalue weighted by Gasteiger charge is -2.23. The quantitative estimate of drug-likeness (QED) is 0.751. The van der Waals surface area contributed by atoms with Gasteiger partial charge in [-0.05, 0) is 42.5 Å². The summed E-state index contributed by atoms with van der Waals surface area (Å²) in [7, 11) is 0. The van der Waals surface area contributed by atoms with Gasteiger partial charge in [0.2, 0.25) is 0 Å². The van der Waals surface area contributed by atoms with E-state index >= 15 is 0 Å². The van der Waals surface area contributed by atoms with E-state index < -0.39 is 0 Å². The first-order valence-corrected chi connectivity index (χ1v) is 6.11. The van der Waals surface area contributed by atoms with E-state index in [-0.39, 0.29) is 0 Å². The maximum atomic E-state index is 6.00. The van der Waals surface area contributed by atoms with Crippen LogP contribution in [0.25, 0.3) is 0 Å². The number of hydrogen-bond donors (Lipinski definition) is 1. The minimum Gasteiger partial charge on any atom is -0.398 e. The van der Waals surface area contributed by atoms with Gasteiger partial charge in [0.1, 0.15) is 0 Å². The second kappa shape index (κ2) is 4.35. The molecule has 0 heterocycles. The summed E-state index contributed by atoms with van der Waals surface area (Å²) in [6, 6.07) is 6.21. The molecule has 0 unspecified atom stereocenters. The van der Waals surface area contributed by atoms with Crippen LogP contribution in [0.15, 0.2) is 22.7 Å². The highest BCUT2D eigenvalue weighted by atomic mass is 79.9. The van der Waals surface area contributed by atoms with Crippen LogP contribution in [-0.4, -0.2) is 0 Å². The Morgan fingerprint density at radius 1 is 1.14 bits per heavy atom. The molecule has 2 rings (SSSR count). The van der Waals surface area contributed by atoms with Crippen molar-refractivity contribution < 1.29 is 0 Å². The molecule has 1 aromatic carbocycles. The maximum absolute atomic E-state index is 6.00. The summed E-state index contributed by atoms with van der Waals surface area (Å²) in [5.41, 5.74) is 8.30. The van der Waals surface area contributed by atoms with Crippen molar-refractivity contribution in [3.8, 4) is 0 Å².